The van der Waals surface area contributed by atoms with E-state index in [0.717, 1.165) is 11.4 Å². The first-order chi connectivity index (χ1) is 6.70. The normalized spacial score (nSPS) is 10.5. The lowest BCUT2D eigenvalue weighted by molar-refractivity contribution is 0.934. The predicted molar refractivity (Wildman–Crippen MR) is 53.6 cm³/mol. The van der Waals surface area contributed by atoms with Crippen LogP contribution in [0.3, 0.4) is 0 Å². The molecule has 0 aliphatic rings. The molecule has 0 saturated carbocycles. The van der Waals surface area contributed by atoms with Gasteiger partial charge >= 0.3 is 0 Å². The summed E-state index contributed by atoms with van der Waals surface area (Å²) in [5, 5.41) is 0.382. The van der Waals surface area contributed by atoms with Gasteiger partial charge in [0.05, 0.1) is 5.69 Å². The van der Waals surface area contributed by atoms with E-state index in [1.54, 1.807) is 18.7 Å². The Labute approximate surface area is 86.6 Å². The Kier molecular flexibility index (Phi) is 2.21. The number of rotatable bonds is 1. The summed E-state index contributed by atoms with van der Waals surface area (Å²) in [6.07, 6.45) is 4.86. The van der Waals surface area contributed by atoms with Crippen molar-refractivity contribution in [3.63, 3.8) is 0 Å². The van der Waals surface area contributed by atoms with E-state index >= 15 is 0 Å². The van der Waals surface area contributed by atoms with Gasteiger partial charge in [0, 0.05) is 18.1 Å². The Bertz CT molecular complexity index is 464. The minimum Gasteiger partial charge on any atom is -0.285 e. The Balaban J connectivity index is 2.60. The molecule has 0 aliphatic carbocycles. The summed E-state index contributed by atoms with van der Waals surface area (Å²) in [6, 6.07) is 0. The van der Waals surface area contributed by atoms with E-state index in [2.05, 4.69) is 15.0 Å². The molecule has 2 aromatic heterocycles. The van der Waals surface area contributed by atoms with Crippen molar-refractivity contribution in [2.45, 2.75) is 13.8 Å². The number of hydrogen-bond donors (Lipinski definition) is 0. The molecule has 2 rings (SSSR count). The third kappa shape index (κ3) is 1.37. The molecule has 0 fully saturated rings. The maximum atomic E-state index is 5.92. The monoisotopic (exact) mass is 208 g/mol. The largest absolute Gasteiger partial charge is 0.285 e. The topological polar surface area (TPSA) is 43.6 Å². The van der Waals surface area contributed by atoms with Gasteiger partial charge in [0.1, 0.15) is 6.33 Å². The van der Waals surface area contributed by atoms with E-state index in [4.69, 9.17) is 11.6 Å². The maximum Gasteiger partial charge on any atom is 0.176 e. The van der Waals surface area contributed by atoms with Gasteiger partial charge in [-0.25, -0.2) is 15.0 Å². The number of halogens is 1. The lowest BCUT2D eigenvalue weighted by atomic mass is 10.4. The molecule has 72 valence electrons. The number of imidazole rings is 1. The molecule has 2 aromatic rings. The minimum absolute atomic E-state index is 0.382. The van der Waals surface area contributed by atoms with Gasteiger partial charge in [0.15, 0.2) is 11.0 Å². The van der Waals surface area contributed by atoms with E-state index in [1.165, 1.54) is 0 Å². The van der Waals surface area contributed by atoms with Gasteiger partial charge in [-0.2, -0.15) is 0 Å². The first-order valence-electron chi connectivity index (χ1n) is 4.17. The van der Waals surface area contributed by atoms with Gasteiger partial charge in [0.25, 0.3) is 0 Å². The van der Waals surface area contributed by atoms with Crippen LogP contribution in [0.4, 0.5) is 0 Å². The van der Waals surface area contributed by atoms with Crippen molar-refractivity contribution < 1.29 is 0 Å². The Morgan fingerprint density at radius 1 is 1.14 bits per heavy atom. The molecule has 0 N–H and O–H groups in total. The highest BCUT2D eigenvalue weighted by molar-refractivity contribution is 6.30. The highest BCUT2D eigenvalue weighted by atomic mass is 35.5. The third-order valence-corrected chi connectivity index (χ3v) is 2.38. The first kappa shape index (κ1) is 9.15. The van der Waals surface area contributed by atoms with Crippen LogP contribution in [0.2, 0.25) is 5.15 Å². The van der Waals surface area contributed by atoms with Crippen LogP contribution >= 0.6 is 11.6 Å². The van der Waals surface area contributed by atoms with E-state index in [-0.39, 0.29) is 0 Å². The fourth-order valence-electron chi connectivity index (χ4n) is 1.19. The van der Waals surface area contributed by atoms with E-state index in [0.29, 0.717) is 11.0 Å². The Morgan fingerprint density at radius 3 is 2.43 bits per heavy atom. The van der Waals surface area contributed by atoms with Crippen molar-refractivity contribution in [3.05, 3.63) is 35.3 Å². The molecule has 14 heavy (non-hydrogen) atoms. The summed E-state index contributed by atoms with van der Waals surface area (Å²) >= 11 is 5.92. The first-order valence-corrected chi connectivity index (χ1v) is 4.55. The SMILES string of the molecule is Cc1ncn(-c2nccnc2Cl)c1C. The molecular weight excluding hydrogens is 200 g/mol. The second-order valence-electron chi connectivity index (χ2n) is 2.96. The summed E-state index contributed by atoms with van der Waals surface area (Å²) in [7, 11) is 0. The number of aryl methyl sites for hydroxylation is 1. The van der Waals surface area contributed by atoms with Crippen molar-refractivity contribution in [3.8, 4) is 5.82 Å². The smallest absolute Gasteiger partial charge is 0.176 e. The van der Waals surface area contributed by atoms with Crippen LogP contribution in [0, 0.1) is 13.8 Å². The van der Waals surface area contributed by atoms with Crippen LogP contribution in [-0.2, 0) is 0 Å². The lowest BCUT2D eigenvalue weighted by Crippen LogP contribution is -2.00. The van der Waals surface area contributed by atoms with Crippen LogP contribution in [0.25, 0.3) is 5.82 Å². The Hall–Kier alpha value is -1.42. The average Bonchev–Trinajstić information content (AvgIpc) is 2.49. The fourth-order valence-corrected chi connectivity index (χ4v) is 1.38. The van der Waals surface area contributed by atoms with Crippen LogP contribution in [-0.4, -0.2) is 19.5 Å². The molecule has 0 radical (unpaired) electrons. The zero-order valence-electron chi connectivity index (χ0n) is 7.90. The summed E-state index contributed by atoms with van der Waals surface area (Å²) in [5.74, 6) is 0.618. The van der Waals surface area contributed by atoms with Gasteiger partial charge in [0.2, 0.25) is 0 Å². The quantitative estimate of drug-likeness (QED) is 0.719. The number of aromatic nitrogens is 4. The van der Waals surface area contributed by atoms with E-state index < -0.39 is 0 Å². The number of nitrogens with zero attached hydrogens (tertiary/aromatic N) is 4. The van der Waals surface area contributed by atoms with Crippen LogP contribution in [0.1, 0.15) is 11.4 Å². The molecule has 0 atom stereocenters. The summed E-state index contributed by atoms with van der Waals surface area (Å²) in [6.45, 7) is 3.91. The van der Waals surface area contributed by atoms with E-state index in [9.17, 15) is 0 Å². The fraction of sp³-hybridized carbons (Fsp3) is 0.222. The highest BCUT2D eigenvalue weighted by Crippen LogP contribution is 2.17. The molecule has 0 unspecified atom stereocenters. The van der Waals surface area contributed by atoms with Crippen molar-refractivity contribution in [1.82, 2.24) is 19.5 Å². The minimum atomic E-state index is 0.382. The number of hydrogen-bond acceptors (Lipinski definition) is 3. The molecule has 5 heteroatoms. The maximum absolute atomic E-state index is 5.92. The van der Waals surface area contributed by atoms with Crippen molar-refractivity contribution >= 4 is 11.6 Å². The van der Waals surface area contributed by atoms with Crippen molar-refractivity contribution in [1.29, 1.82) is 0 Å². The average molecular weight is 209 g/mol. The lowest BCUT2D eigenvalue weighted by Gasteiger charge is -2.04. The molecule has 0 saturated heterocycles. The predicted octanol–water partition coefficient (Wildman–Crippen LogP) is 1.93. The second-order valence-corrected chi connectivity index (χ2v) is 3.31. The third-order valence-electron chi connectivity index (χ3n) is 2.12. The molecule has 0 aliphatic heterocycles. The van der Waals surface area contributed by atoms with Gasteiger partial charge < -0.3 is 0 Å². The molecule has 4 nitrogen and oxygen atoms in total. The van der Waals surface area contributed by atoms with Crippen molar-refractivity contribution in [2.24, 2.45) is 0 Å². The molecule has 0 aromatic carbocycles. The van der Waals surface area contributed by atoms with Gasteiger partial charge in [-0.05, 0) is 13.8 Å². The van der Waals surface area contributed by atoms with Gasteiger partial charge in [-0.3, -0.25) is 4.57 Å². The zero-order valence-corrected chi connectivity index (χ0v) is 8.65. The van der Waals surface area contributed by atoms with Crippen LogP contribution in [0.15, 0.2) is 18.7 Å². The summed E-state index contributed by atoms with van der Waals surface area (Å²) < 4.78 is 1.82. The van der Waals surface area contributed by atoms with Crippen LogP contribution in [0.5, 0.6) is 0 Å². The summed E-state index contributed by atoms with van der Waals surface area (Å²) in [4.78, 5) is 12.3. The molecule has 2 heterocycles. The second kappa shape index (κ2) is 3.38. The van der Waals surface area contributed by atoms with E-state index in [1.807, 2.05) is 18.4 Å². The summed E-state index contributed by atoms with van der Waals surface area (Å²) in [5.41, 5.74) is 1.99. The molecule has 0 spiro atoms. The standard InChI is InChI=1S/C9H9ClN4/c1-6-7(2)14(5-13-6)9-8(10)11-3-4-12-9/h3-5H,1-2H3. The highest BCUT2D eigenvalue weighted by Gasteiger charge is 2.08. The van der Waals surface area contributed by atoms with Gasteiger partial charge in [-0.15, -0.1) is 0 Å². The zero-order chi connectivity index (χ0) is 10.1. The van der Waals surface area contributed by atoms with Crippen molar-refractivity contribution in [2.75, 3.05) is 0 Å². The Morgan fingerprint density at radius 2 is 1.86 bits per heavy atom. The molecular formula is C9H9ClN4. The van der Waals surface area contributed by atoms with Gasteiger partial charge in [-0.1, -0.05) is 11.6 Å². The molecule has 0 bridgehead atoms. The molecule has 0 amide bonds. The van der Waals surface area contributed by atoms with Crippen LogP contribution < -0.4 is 0 Å².